The molecule has 2 unspecified atom stereocenters. The van der Waals surface area contributed by atoms with E-state index in [2.05, 4.69) is 10.5 Å². The fourth-order valence-corrected chi connectivity index (χ4v) is 3.18. The average Bonchev–Trinajstić information content (AvgIpc) is 3.33. The number of aliphatic hydroxyl groups is 1. The highest BCUT2D eigenvalue weighted by atomic mass is 16.5. The number of hydrogen-bond acceptors (Lipinski definition) is 7. The normalized spacial score (nSPS) is 20.2. The van der Waals surface area contributed by atoms with Gasteiger partial charge in [0.05, 0.1) is 12.3 Å². The lowest BCUT2D eigenvalue weighted by Gasteiger charge is -2.27. The van der Waals surface area contributed by atoms with Crippen LogP contribution in [0.3, 0.4) is 0 Å². The molecule has 8 heteroatoms. The molecule has 3 rings (SSSR count). The number of aliphatic hydroxyl groups excluding tert-OH is 1. The number of carbonyl (C=O) groups excluding carboxylic acids is 1. The minimum Gasteiger partial charge on any atom is -0.403 e. The van der Waals surface area contributed by atoms with Crippen LogP contribution in [0, 0.1) is 0 Å². The Morgan fingerprint density at radius 1 is 1.38 bits per heavy atom. The van der Waals surface area contributed by atoms with Gasteiger partial charge in [0.25, 0.3) is 5.91 Å². The third-order valence-corrected chi connectivity index (χ3v) is 4.62. The molecule has 8 nitrogen and oxygen atoms in total. The van der Waals surface area contributed by atoms with E-state index in [0.717, 1.165) is 18.4 Å². The van der Waals surface area contributed by atoms with E-state index in [1.165, 1.54) is 11.2 Å². The number of nitrogens with zero attached hydrogens (tertiary/aromatic N) is 2. The summed E-state index contributed by atoms with van der Waals surface area (Å²) >= 11 is 0. The van der Waals surface area contributed by atoms with Crippen molar-refractivity contribution in [3.8, 4) is 11.3 Å². The molecule has 1 saturated carbocycles. The molecule has 1 aromatic heterocycles. The second-order valence-corrected chi connectivity index (χ2v) is 6.30. The van der Waals surface area contributed by atoms with Gasteiger partial charge >= 0.3 is 0 Å². The molecule has 0 saturated heterocycles. The van der Waals surface area contributed by atoms with E-state index >= 15 is 0 Å². The van der Waals surface area contributed by atoms with E-state index in [1.54, 1.807) is 6.07 Å². The summed E-state index contributed by atoms with van der Waals surface area (Å²) in [6, 6.07) is 11.1. The summed E-state index contributed by atoms with van der Waals surface area (Å²) in [5.74, 6) is 6.27. The lowest BCUT2D eigenvalue weighted by Crippen LogP contribution is -2.42. The first kappa shape index (κ1) is 18.0. The molecule has 0 aliphatic heterocycles. The summed E-state index contributed by atoms with van der Waals surface area (Å²) in [6.07, 6.45) is 3.55. The Hall–Kier alpha value is -2.84. The van der Waals surface area contributed by atoms with Crippen molar-refractivity contribution in [1.82, 2.24) is 15.5 Å². The van der Waals surface area contributed by atoms with Crippen molar-refractivity contribution in [2.24, 2.45) is 11.6 Å². The monoisotopic (exact) mass is 357 g/mol. The van der Waals surface area contributed by atoms with Crippen molar-refractivity contribution >= 4 is 5.91 Å². The predicted molar refractivity (Wildman–Crippen MR) is 96.2 cm³/mol. The zero-order valence-electron chi connectivity index (χ0n) is 14.3. The molecule has 1 aromatic carbocycles. The molecule has 6 N–H and O–H groups in total. The lowest BCUT2D eigenvalue weighted by molar-refractivity contribution is 0.0926. The number of aromatic nitrogens is 1. The Morgan fingerprint density at radius 3 is 2.85 bits per heavy atom. The quantitative estimate of drug-likeness (QED) is 0.447. The standard InChI is InChI=1S/C18H23N5O3/c19-10-15(11-24)23(20)14-7-6-13(8-14)21-18(25)16-9-17(26-22-16)12-4-2-1-3-5-12/h1-5,9-10,13-14,24H,6-8,11,19-20H2,(H,21,25)/b15-10-. The van der Waals surface area contributed by atoms with Gasteiger partial charge in [0.15, 0.2) is 11.5 Å². The molecule has 0 spiro atoms. The van der Waals surface area contributed by atoms with Crippen LogP contribution in [0.5, 0.6) is 0 Å². The minimum atomic E-state index is -0.276. The van der Waals surface area contributed by atoms with Crippen LogP contribution in [-0.2, 0) is 0 Å². The highest BCUT2D eigenvalue weighted by Crippen LogP contribution is 2.25. The second-order valence-electron chi connectivity index (χ2n) is 6.30. The Bertz CT molecular complexity index is 774. The first-order valence-corrected chi connectivity index (χ1v) is 8.51. The van der Waals surface area contributed by atoms with Crippen LogP contribution in [0.15, 0.2) is 52.8 Å². The summed E-state index contributed by atoms with van der Waals surface area (Å²) in [4.78, 5) is 12.4. The van der Waals surface area contributed by atoms with Crippen molar-refractivity contribution in [1.29, 1.82) is 0 Å². The van der Waals surface area contributed by atoms with Gasteiger partial charge in [-0.25, -0.2) is 5.84 Å². The molecular weight excluding hydrogens is 334 g/mol. The highest BCUT2D eigenvalue weighted by molar-refractivity contribution is 5.93. The molecule has 1 fully saturated rings. The number of benzene rings is 1. The largest absolute Gasteiger partial charge is 0.403 e. The number of carbonyl (C=O) groups is 1. The summed E-state index contributed by atoms with van der Waals surface area (Å²) in [5, 5.41) is 17.6. The maximum absolute atomic E-state index is 12.4. The Morgan fingerprint density at radius 2 is 2.15 bits per heavy atom. The number of nitrogens with one attached hydrogen (secondary N) is 1. The van der Waals surface area contributed by atoms with Gasteiger partial charge in [-0.3, -0.25) is 4.79 Å². The molecule has 0 bridgehead atoms. The SMILES string of the molecule is N/C=C(/CO)N(N)C1CCC(NC(=O)c2cc(-c3ccccc3)on2)C1. The summed E-state index contributed by atoms with van der Waals surface area (Å²) in [7, 11) is 0. The van der Waals surface area contributed by atoms with Crippen LogP contribution < -0.4 is 16.9 Å². The molecule has 2 aromatic rings. The van der Waals surface area contributed by atoms with E-state index in [4.69, 9.17) is 16.1 Å². The van der Waals surface area contributed by atoms with Crippen LogP contribution in [0.25, 0.3) is 11.3 Å². The number of hydrazine groups is 1. The fraction of sp³-hybridized carbons (Fsp3) is 0.333. The van der Waals surface area contributed by atoms with E-state index in [-0.39, 0.29) is 30.3 Å². The summed E-state index contributed by atoms with van der Waals surface area (Å²) < 4.78 is 5.27. The summed E-state index contributed by atoms with van der Waals surface area (Å²) in [6.45, 7) is -0.221. The molecule has 1 heterocycles. The fourth-order valence-electron chi connectivity index (χ4n) is 3.18. The van der Waals surface area contributed by atoms with Crippen molar-refractivity contribution in [3.05, 3.63) is 54.0 Å². The zero-order chi connectivity index (χ0) is 18.5. The molecule has 138 valence electrons. The van der Waals surface area contributed by atoms with Gasteiger partial charge in [-0.05, 0) is 19.3 Å². The molecular formula is C18H23N5O3. The van der Waals surface area contributed by atoms with E-state index in [0.29, 0.717) is 17.9 Å². The van der Waals surface area contributed by atoms with Gasteiger partial charge in [0.2, 0.25) is 0 Å². The molecule has 26 heavy (non-hydrogen) atoms. The topological polar surface area (TPSA) is 131 Å². The van der Waals surface area contributed by atoms with Gasteiger partial charge in [-0.1, -0.05) is 35.5 Å². The van der Waals surface area contributed by atoms with Crippen molar-refractivity contribution in [2.75, 3.05) is 6.61 Å². The molecule has 0 radical (unpaired) electrons. The Labute approximate surface area is 151 Å². The number of nitrogens with two attached hydrogens (primary N) is 2. The Balaban J connectivity index is 1.59. The van der Waals surface area contributed by atoms with Crippen LogP contribution in [0.1, 0.15) is 29.8 Å². The van der Waals surface area contributed by atoms with E-state index in [1.807, 2.05) is 30.3 Å². The molecule has 1 aliphatic rings. The first-order valence-electron chi connectivity index (χ1n) is 8.51. The van der Waals surface area contributed by atoms with E-state index in [9.17, 15) is 9.90 Å². The van der Waals surface area contributed by atoms with Crippen LogP contribution in [0.2, 0.25) is 0 Å². The van der Waals surface area contributed by atoms with Crippen LogP contribution in [-0.4, -0.2) is 39.9 Å². The predicted octanol–water partition coefficient (Wildman–Crippen LogP) is 0.961. The maximum Gasteiger partial charge on any atom is 0.273 e. The van der Waals surface area contributed by atoms with Gasteiger partial charge in [0.1, 0.15) is 0 Å². The first-order chi connectivity index (χ1) is 12.6. The van der Waals surface area contributed by atoms with Crippen LogP contribution >= 0.6 is 0 Å². The van der Waals surface area contributed by atoms with Crippen molar-refractivity contribution in [3.63, 3.8) is 0 Å². The van der Waals surface area contributed by atoms with Gasteiger partial charge in [0, 0.05) is 29.9 Å². The zero-order valence-corrected chi connectivity index (χ0v) is 14.3. The average molecular weight is 357 g/mol. The Kier molecular flexibility index (Phi) is 5.55. The maximum atomic E-state index is 12.4. The van der Waals surface area contributed by atoms with Crippen LogP contribution in [0.4, 0.5) is 0 Å². The summed E-state index contributed by atoms with van der Waals surface area (Å²) in [5.41, 5.74) is 7.04. The number of rotatable bonds is 6. The molecule has 2 atom stereocenters. The molecule has 1 aliphatic carbocycles. The lowest BCUT2D eigenvalue weighted by atomic mass is 10.1. The minimum absolute atomic E-state index is 0.0134. The van der Waals surface area contributed by atoms with Gasteiger partial charge in [-0.2, -0.15) is 0 Å². The van der Waals surface area contributed by atoms with Gasteiger partial charge < -0.3 is 25.7 Å². The van der Waals surface area contributed by atoms with E-state index < -0.39 is 0 Å². The number of amides is 1. The van der Waals surface area contributed by atoms with Crippen molar-refractivity contribution < 1.29 is 14.4 Å². The highest BCUT2D eigenvalue weighted by Gasteiger charge is 2.30. The third-order valence-electron chi connectivity index (χ3n) is 4.62. The van der Waals surface area contributed by atoms with Gasteiger partial charge in [-0.15, -0.1) is 0 Å². The molecule has 1 amide bonds. The smallest absolute Gasteiger partial charge is 0.273 e. The third kappa shape index (κ3) is 3.87. The second kappa shape index (κ2) is 8.03. The van der Waals surface area contributed by atoms with Crippen molar-refractivity contribution in [2.45, 2.75) is 31.3 Å². The number of hydrogen-bond donors (Lipinski definition) is 4.